The zero-order valence-electron chi connectivity index (χ0n) is 13.2. The minimum Gasteiger partial charge on any atom is -0.347 e. The van der Waals surface area contributed by atoms with E-state index < -0.39 is 10.0 Å². The molecule has 1 heterocycles. The van der Waals surface area contributed by atoms with Crippen molar-refractivity contribution in [3.05, 3.63) is 46.7 Å². The van der Waals surface area contributed by atoms with Crippen LogP contribution in [0, 0.1) is 0 Å². The van der Waals surface area contributed by atoms with Crippen LogP contribution in [0.5, 0.6) is 0 Å². The van der Waals surface area contributed by atoms with Crippen LogP contribution in [0.4, 0.5) is 5.69 Å². The van der Waals surface area contributed by atoms with Gasteiger partial charge in [-0.1, -0.05) is 12.1 Å². The van der Waals surface area contributed by atoms with Crippen LogP contribution in [0.2, 0.25) is 0 Å². The van der Waals surface area contributed by atoms with Gasteiger partial charge in [0.1, 0.15) is 0 Å². The Kier molecular flexibility index (Phi) is 5.74. The van der Waals surface area contributed by atoms with Gasteiger partial charge in [0.05, 0.1) is 11.4 Å². The third-order valence-electron chi connectivity index (χ3n) is 3.18. The lowest BCUT2D eigenvalue weighted by Gasteiger charge is -2.21. The molecule has 0 spiro atoms. The molecule has 0 aliphatic carbocycles. The van der Waals surface area contributed by atoms with Crippen LogP contribution in [0.15, 0.2) is 46.7 Å². The lowest BCUT2D eigenvalue weighted by atomic mass is 10.3. The highest BCUT2D eigenvalue weighted by atomic mass is 32.2. The summed E-state index contributed by atoms with van der Waals surface area (Å²) < 4.78 is 25.5. The Morgan fingerprint density at radius 1 is 1.22 bits per heavy atom. The molecule has 8 heteroatoms. The SMILES string of the molecule is CN(Cc1cccs1)C(=S)Nc1cccc(S(=O)(=O)N(C)C)c1. The average Bonchev–Trinajstić information content (AvgIpc) is 3.00. The molecule has 1 aromatic heterocycles. The molecule has 0 bridgehead atoms. The molecular weight excluding hydrogens is 350 g/mol. The maximum atomic E-state index is 12.2. The molecule has 0 saturated carbocycles. The number of hydrogen-bond donors (Lipinski definition) is 1. The van der Waals surface area contributed by atoms with E-state index in [2.05, 4.69) is 5.32 Å². The molecule has 0 aliphatic rings. The highest BCUT2D eigenvalue weighted by Gasteiger charge is 2.17. The van der Waals surface area contributed by atoms with Crippen molar-refractivity contribution >= 4 is 44.4 Å². The molecule has 2 rings (SSSR count). The number of nitrogens with zero attached hydrogens (tertiary/aromatic N) is 2. The molecule has 0 atom stereocenters. The number of nitrogens with one attached hydrogen (secondary N) is 1. The fourth-order valence-corrected chi connectivity index (χ4v) is 3.76. The summed E-state index contributed by atoms with van der Waals surface area (Å²) in [6.45, 7) is 0.708. The Morgan fingerprint density at radius 3 is 2.57 bits per heavy atom. The molecule has 0 unspecified atom stereocenters. The summed E-state index contributed by atoms with van der Waals surface area (Å²) >= 11 is 7.05. The molecule has 0 radical (unpaired) electrons. The van der Waals surface area contributed by atoms with Gasteiger partial charge in [-0.2, -0.15) is 0 Å². The van der Waals surface area contributed by atoms with Crippen molar-refractivity contribution in [1.82, 2.24) is 9.21 Å². The normalized spacial score (nSPS) is 11.5. The van der Waals surface area contributed by atoms with Crippen molar-refractivity contribution in [2.75, 3.05) is 26.5 Å². The van der Waals surface area contributed by atoms with Crippen molar-refractivity contribution in [2.45, 2.75) is 11.4 Å². The predicted octanol–water partition coefficient (Wildman–Crippen LogP) is 2.83. The first kappa shape index (κ1) is 17.9. The summed E-state index contributed by atoms with van der Waals surface area (Å²) in [5.74, 6) is 0. The summed E-state index contributed by atoms with van der Waals surface area (Å²) in [7, 11) is 1.46. The molecule has 1 aromatic carbocycles. The number of hydrogen-bond acceptors (Lipinski definition) is 4. The third kappa shape index (κ3) is 4.51. The van der Waals surface area contributed by atoms with Crippen LogP contribution in [0.25, 0.3) is 0 Å². The number of thiocarbonyl (C=S) groups is 1. The standard InChI is InChI=1S/C15H19N3O2S3/c1-17(2)23(19,20)14-8-4-6-12(10-14)16-15(21)18(3)11-13-7-5-9-22-13/h4-10H,11H2,1-3H3,(H,16,21). The first-order chi connectivity index (χ1) is 10.8. The first-order valence-corrected chi connectivity index (χ1v) is 9.60. The lowest BCUT2D eigenvalue weighted by Crippen LogP contribution is -2.30. The van der Waals surface area contributed by atoms with E-state index in [9.17, 15) is 8.42 Å². The van der Waals surface area contributed by atoms with Crippen LogP contribution >= 0.6 is 23.6 Å². The second kappa shape index (κ2) is 7.39. The van der Waals surface area contributed by atoms with Gasteiger partial charge in [-0.15, -0.1) is 11.3 Å². The quantitative estimate of drug-likeness (QED) is 0.822. The van der Waals surface area contributed by atoms with Crippen molar-refractivity contribution in [3.8, 4) is 0 Å². The van der Waals surface area contributed by atoms with E-state index in [-0.39, 0.29) is 4.90 Å². The van der Waals surface area contributed by atoms with Gasteiger partial charge in [0, 0.05) is 31.7 Å². The van der Waals surface area contributed by atoms with E-state index >= 15 is 0 Å². The second-order valence-electron chi connectivity index (χ2n) is 5.18. The number of rotatable bonds is 5. The van der Waals surface area contributed by atoms with Crippen molar-refractivity contribution in [3.63, 3.8) is 0 Å². The van der Waals surface area contributed by atoms with E-state index in [1.54, 1.807) is 35.6 Å². The second-order valence-corrected chi connectivity index (χ2v) is 8.75. The molecule has 0 amide bonds. The van der Waals surface area contributed by atoms with Crippen molar-refractivity contribution < 1.29 is 8.42 Å². The molecule has 1 N–H and O–H groups in total. The van der Waals surface area contributed by atoms with Crippen LogP contribution in [0.3, 0.4) is 0 Å². The van der Waals surface area contributed by atoms with Crippen molar-refractivity contribution in [2.24, 2.45) is 0 Å². The minimum atomic E-state index is -3.46. The van der Waals surface area contributed by atoms with Gasteiger partial charge >= 0.3 is 0 Å². The van der Waals surface area contributed by atoms with Crippen LogP contribution in [0.1, 0.15) is 4.88 Å². The highest BCUT2D eigenvalue weighted by Crippen LogP contribution is 2.19. The van der Waals surface area contributed by atoms with E-state index in [0.29, 0.717) is 17.3 Å². The van der Waals surface area contributed by atoms with Gasteiger partial charge in [0.2, 0.25) is 10.0 Å². The summed E-state index contributed by atoms with van der Waals surface area (Å²) in [5.41, 5.74) is 0.649. The lowest BCUT2D eigenvalue weighted by molar-refractivity contribution is 0.514. The molecule has 0 fully saturated rings. The average molecular weight is 370 g/mol. The van der Waals surface area contributed by atoms with Crippen LogP contribution in [-0.2, 0) is 16.6 Å². The summed E-state index contributed by atoms with van der Waals surface area (Å²) in [4.78, 5) is 3.35. The maximum Gasteiger partial charge on any atom is 0.242 e. The van der Waals surface area contributed by atoms with Gasteiger partial charge in [0.15, 0.2) is 5.11 Å². The molecule has 5 nitrogen and oxygen atoms in total. The fraction of sp³-hybridized carbons (Fsp3) is 0.267. The van der Waals surface area contributed by atoms with E-state index in [1.807, 2.05) is 29.5 Å². The van der Waals surface area contributed by atoms with Gasteiger partial charge in [0.25, 0.3) is 0 Å². The molecule has 23 heavy (non-hydrogen) atoms. The minimum absolute atomic E-state index is 0.233. The molecule has 124 valence electrons. The fourth-order valence-electron chi connectivity index (χ4n) is 1.87. The zero-order chi connectivity index (χ0) is 17.0. The monoisotopic (exact) mass is 369 g/mol. The van der Waals surface area contributed by atoms with Crippen molar-refractivity contribution in [1.29, 1.82) is 0 Å². The van der Waals surface area contributed by atoms with Gasteiger partial charge in [-0.3, -0.25) is 0 Å². The topological polar surface area (TPSA) is 52.7 Å². The maximum absolute atomic E-state index is 12.2. The van der Waals surface area contributed by atoms with E-state index in [4.69, 9.17) is 12.2 Å². The Labute approximate surface area is 146 Å². The summed E-state index contributed by atoms with van der Waals surface area (Å²) in [6.07, 6.45) is 0. The molecule has 0 saturated heterocycles. The third-order valence-corrected chi connectivity index (χ3v) is 6.27. The Balaban J connectivity index is 2.09. The molecular formula is C15H19N3O2S3. The summed E-state index contributed by atoms with van der Waals surface area (Å²) in [6, 6.07) is 10.7. The first-order valence-electron chi connectivity index (χ1n) is 6.88. The molecule has 2 aromatic rings. The predicted molar refractivity (Wildman–Crippen MR) is 99.3 cm³/mol. The Hall–Kier alpha value is -1.48. The Bertz CT molecular complexity index is 771. The van der Waals surface area contributed by atoms with Crippen LogP contribution < -0.4 is 5.32 Å². The number of benzene rings is 1. The summed E-state index contributed by atoms with van der Waals surface area (Å²) in [5, 5.41) is 5.65. The van der Waals surface area contributed by atoms with Crippen LogP contribution in [-0.4, -0.2) is 43.9 Å². The number of anilines is 1. The van der Waals surface area contributed by atoms with Gasteiger partial charge in [-0.05, 0) is 41.9 Å². The molecule has 0 aliphatic heterocycles. The van der Waals surface area contributed by atoms with E-state index in [0.717, 1.165) is 0 Å². The zero-order valence-corrected chi connectivity index (χ0v) is 15.6. The smallest absolute Gasteiger partial charge is 0.242 e. The Morgan fingerprint density at radius 2 is 1.96 bits per heavy atom. The largest absolute Gasteiger partial charge is 0.347 e. The van der Waals surface area contributed by atoms with Gasteiger partial charge in [-0.25, -0.2) is 12.7 Å². The number of sulfonamides is 1. The van der Waals surface area contributed by atoms with Gasteiger partial charge < -0.3 is 10.2 Å². The van der Waals surface area contributed by atoms with E-state index in [1.165, 1.54) is 23.3 Å². The highest BCUT2D eigenvalue weighted by molar-refractivity contribution is 7.89. The number of thiophene rings is 1.